The normalized spacial score (nSPS) is 18.9. The molecule has 1 heterocycles. The first-order valence-electron chi connectivity index (χ1n) is 5.96. The van der Waals surface area contributed by atoms with Crippen molar-refractivity contribution in [2.45, 2.75) is 18.4 Å². The van der Waals surface area contributed by atoms with Gasteiger partial charge in [-0.1, -0.05) is 0 Å². The van der Waals surface area contributed by atoms with Crippen molar-refractivity contribution in [1.29, 1.82) is 0 Å². The summed E-state index contributed by atoms with van der Waals surface area (Å²) >= 11 is 0. The Hall–Kier alpha value is -1.26. The molecule has 1 aromatic carbocycles. The molecule has 4 nitrogen and oxygen atoms in total. The van der Waals surface area contributed by atoms with E-state index in [1.807, 2.05) is 31.3 Å². The summed E-state index contributed by atoms with van der Waals surface area (Å²) in [6.07, 6.45) is 1.40. The Morgan fingerprint density at radius 2 is 1.88 bits per heavy atom. The molecule has 0 unspecified atom stereocenters. The van der Waals surface area contributed by atoms with Crippen molar-refractivity contribution < 1.29 is 9.84 Å². The fourth-order valence-electron chi connectivity index (χ4n) is 2.17. The fourth-order valence-corrected chi connectivity index (χ4v) is 2.17. The molecule has 0 saturated carbocycles. The zero-order chi connectivity index (χ0) is 12.3. The van der Waals surface area contributed by atoms with Crippen LogP contribution in [0.3, 0.4) is 0 Å². The van der Waals surface area contributed by atoms with Crippen LogP contribution in [-0.2, 0) is 4.74 Å². The van der Waals surface area contributed by atoms with Crippen LogP contribution < -0.4 is 10.6 Å². The third-order valence-electron chi connectivity index (χ3n) is 3.29. The third-order valence-corrected chi connectivity index (χ3v) is 3.29. The molecule has 0 spiro atoms. The second-order valence-corrected chi connectivity index (χ2v) is 4.78. The Balaban J connectivity index is 2.00. The van der Waals surface area contributed by atoms with Crippen molar-refractivity contribution in [3.63, 3.8) is 0 Å². The number of nitrogens with two attached hydrogens (primary N) is 1. The third kappa shape index (κ3) is 3.11. The van der Waals surface area contributed by atoms with E-state index < -0.39 is 5.60 Å². The number of anilines is 2. The highest BCUT2D eigenvalue weighted by molar-refractivity contribution is 5.52. The van der Waals surface area contributed by atoms with Gasteiger partial charge in [0, 0.05) is 51.0 Å². The lowest BCUT2D eigenvalue weighted by Crippen LogP contribution is -2.45. The molecule has 1 aliphatic heterocycles. The van der Waals surface area contributed by atoms with Crippen LogP contribution in [0.15, 0.2) is 24.3 Å². The molecular formula is C13H20N2O2. The first-order valence-corrected chi connectivity index (χ1v) is 5.96. The van der Waals surface area contributed by atoms with Gasteiger partial charge in [0.15, 0.2) is 0 Å². The number of aliphatic hydroxyl groups is 1. The van der Waals surface area contributed by atoms with Gasteiger partial charge in [-0.05, 0) is 24.3 Å². The van der Waals surface area contributed by atoms with E-state index in [0.29, 0.717) is 32.6 Å². The second-order valence-electron chi connectivity index (χ2n) is 4.78. The highest BCUT2D eigenvalue weighted by Gasteiger charge is 2.31. The summed E-state index contributed by atoms with van der Waals surface area (Å²) in [5, 5.41) is 10.4. The van der Waals surface area contributed by atoms with Crippen LogP contribution in [0.5, 0.6) is 0 Å². The number of hydrogen-bond donors (Lipinski definition) is 2. The Kier molecular flexibility index (Phi) is 3.54. The summed E-state index contributed by atoms with van der Waals surface area (Å²) in [6, 6.07) is 7.69. The number of ether oxygens (including phenoxy) is 1. The van der Waals surface area contributed by atoms with Crippen molar-refractivity contribution >= 4 is 11.4 Å². The quantitative estimate of drug-likeness (QED) is 0.775. The highest BCUT2D eigenvalue weighted by Crippen LogP contribution is 2.24. The number of hydrogen-bond acceptors (Lipinski definition) is 4. The van der Waals surface area contributed by atoms with Gasteiger partial charge >= 0.3 is 0 Å². The van der Waals surface area contributed by atoms with Crippen LogP contribution in [0, 0.1) is 0 Å². The minimum absolute atomic E-state index is 0.625. The Morgan fingerprint density at radius 3 is 2.47 bits per heavy atom. The molecule has 0 radical (unpaired) electrons. The molecule has 3 N–H and O–H groups in total. The number of likely N-dealkylation sites (N-methyl/N-ethyl adjacent to an activating group) is 1. The van der Waals surface area contributed by atoms with Crippen LogP contribution in [0.2, 0.25) is 0 Å². The lowest BCUT2D eigenvalue weighted by atomic mass is 9.94. The van der Waals surface area contributed by atoms with Crippen LogP contribution >= 0.6 is 0 Å². The summed E-state index contributed by atoms with van der Waals surface area (Å²) in [5.41, 5.74) is 6.85. The summed E-state index contributed by atoms with van der Waals surface area (Å²) in [4.78, 5) is 2.06. The lowest BCUT2D eigenvalue weighted by Gasteiger charge is -2.36. The molecule has 4 heteroatoms. The first kappa shape index (κ1) is 12.2. The van der Waals surface area contributed by atoms with Gasteiger partial charge < -0.3 is 20.5 Å². The van der Waals surface area contributed by atoms with Crippen LogP contribution in [0.25, 0.3) is 0 Å². The smallest absolute Gasteiger partial charge is 0.0865 e. The standard InChI is InChI=1S/C13H20N2O2/c1-15(12-4-2-11(14)3-5-12)10-13(16)6-8-17-9-7-13/h2-5,16H,6-10,14H2,1H3. The van der Waals surface area contributed by atoms with Gasteiger partial charge in [0.1, 0.15) is 0 Å². The molecule has 0 amide bonds. The maximum absolute atomic E-state index is 10.4. The maximum Gasteiger partial charge on any atom is 0.0865 e. The molecule has 0 atom stereocenters. The predicted octanol–water partition coefficient (Wildman–Crippen LogP) is 1.25. The molecule has 1 aliphatic rings. The largest absolute Gasteiger partial charge is 0.399 e. The van der Waals surface area contributed by atoms with E-state index in [9.17, 15) is 5.11 Å². The minimum atomic E-state index is -0.631. The monoisotopic (exact) mass is 236 g/mol. The average molecular weight is 236 g/mol. The van der Waals surface area contributed by atoms with Crippen molar-refractivity contribution in [3.8, 4) is 0 Å². The van der Waals surface area contributed by atoms with Crippen molar-refractivity contribution in [3.05, 3.63) is 24.3 Å². The van der Waals surface area contributed by atoms with Crippen LogP contribution in [0.1, 0.15) is 12.8 Å². The van der Waals surface area contributed by atoms with Gasteiger partial charge in [-0.2, -0.15) is 0 Å². The van der Waals surface area contributed by atoms with E-state index in [0.717, 1.165) is 11.4 Å². The van der Waals surface area contributed by atoms with Gasteiger partial charge in [-0.3, -0.25) is 0 Å². The lowest BCUT2D eigenvalue weighted by molar-refractivity contribution is -0.0572. The molecule has 94 valence electrons. The SMILES string of the molecule is CN(CC1(O)CCOCC1)c1ccc(N)cc1. The number of nitrogen functional groups attached to an aromatic ring is 1. The zero-order valence-corrected chi connectivity index (χ0v) is 10.2. The molecule has 1 aromatic rings. The van der Waals surface area contributed by atoms with Crippen molar-refractivity contribution in [2.24, 2.45) is 0 Å². The molecule has 0 aromatic heterocycles. The number of nitrogens with zero attached hydrogens (tertiary/aromatic N) is 1. The zero-order valence-electron chi connectivity index (χ0n) is 10.2. The molecule has 1 saturated heterocycles. The number of rotatable bonds is 3. The molecule has 0 bridgehead atoms. The van der Waals surface area contributed by atoms with Crippen molar-refractivity contribution in [1.82, 2.24) is 0 Å². The molecule has 1 fully saturated rings. The minimum Gasteiger partial charge on any atom is -0.399 e. The molecular weight excluding hydrogens is 216 g/mol. The molecule has 17 heavy (non-hydrogen) atoms. The van der Waals surface area contributed by atoms with E-state index in [2.05, 4.69) is 4.90 Å². The molecule has 2 rings (SSSR count). The van der Waals surface area contributed by atoms with Gasteiger partial charge in [0.2, 0.25) is 0 Å². The van der Waals surface area contributed by atoms with Gasteiger partial charge in [-0.15, -0.1) is 0 Å². The topological polar surface area (TPSA) is 58.7 Å². The van der Waals surface area contributed by atoms with E-state index >= 15 is 0 Å². The second kappa shape index (κ2) is 4.94. The predicted molar refractivity (Wildman–Crippen MR) is 69.1 cm³/mol. The van der Waals surface area contributed by atoms with Gasteiger partial charge in [0.25, 0.3) is 0 Å². The fraction of sp³-hybridized carbons (Fsp3) is 0.538. The summed E-state index contributed by atoms with van der Waals surface area (Å²) < 4.78 is 5.27. The van der Waals surface area contributed by atoms with Gasteiger partial charge in [0.05, 0.1) is 5.60 Å². The summed E-state index contributed by atoms with van der Waals surface area (Å²) in [5.74, 6) is 0. The number of benzene rings is 1. The molecule has 0 aliphatic carbocycles. The maximum atomic E-state index is 10.4. The van der Waals surface area contributed by atoms with Crippen molar-refractivity contribution in [2.75, 3.05) is 37.4 Å². The van der Waals surface area contributed by atoms with E-state index in [-0.39, 0.29) is 0 Å². The summed E-state index contributed by atoms with van der Waals surface area (Å²) in [7, 11) is 1.99. The van der Waals surface area contributed by atoms with E-state index in [1.54, 1.807) is 0 Å². The highest BCUT2D eigenvalue weighted by atomic mass is 16.5. The Morgan fingerprint density at radius 1 is 1.29 bits per heavy atom. The first-order chi connectivity index (χ1) is 8.09. The average Bonchev–Trinajstić information content (AvgIpc) is 2.30. The van der Waals surface area contributed by atoms with E-state index in [4.69, 9.17) is 10.5 Å². The summed E-state index contributed by atoms with van der Waals surface area (Å²) in [6.45, 7) is 1.92. The van der Waals surface area contributed by atoms with Gasteiger partial charge in [-0.25, -0.2) is 0 Å². The van der Waals surface area contributed by atoms with Crippen LogP contribution in [0.4, 0.5) is 11.4 Å². The Labute approximate surface area is 102 Å². The van der Waals surface area contributed by atoms with Crippen LogP contribution in [-0.4, -0.2) is 37.5 Å². The van der Waals surface area contributed by atoms with E-state index in [1.165, 1.54) is 0 Å². The Bertz CT molecular complexity index is 358.